The van der Waals surface area contributed by atoms with Crippen molar-refractivity contribution >= 4 is 23.5 Å². The molecule has 9 nitrogen and oxygen atoms in total. The van der Waals surface area contributed by atoms with E-state index in [4.69, 9.17) is 9.26 Å². The quantitative estimate of drug-likeness (QED) is 0.286. The zero-order chi connectivity index (χ0) is 19.9. The van der Waals surface area contributed by atoms with Gasteiger partial charge in [0.25, 0.3) is 6.20 Å². The molecule has 2 aromatic rings. The zero-order valence-electron chi connectivity index (χ0n) is 15.9. The van der Waals surface area contributed by atoms with E-state index in [1.807, 2.05) is 11.1 Å². The molecular formula is C18H22N6O3S. The molecular weight excluding hydrogens is 380 g/mol. The molecule has 0 N–H and O–H groups in total. The van der Waals surface area contributed by atoms with Crippen LogP contribution in [-0.2, 0) is 11.2 Å². The highest BCUT2D eigenvalue weighted by Gasteiger charge is 2.22. The average Bonchev–Trinajstić information content (AvgIpc) is 3.15. The maximum absolute atomic E-state index is 12.2. The van der Waals surface area contributed by atoms with Crippen molar-refractivity contribution in [1.82, 2.24) is 10.3 Å². The van der Waals surface area contributed by atoms with Gasteiger partial charge in [-0.2, -0.15) is 5.26 Å². The summed E-state index contributed by atoms with van der Waals surface area (Å²) in [7, 11) is 0. The van der Waals surface area contributed by atoms with Gasteiger partial charge in [-0.1, -0.05) is 25.6 Å². The molecule has 0 bridgehead atoms. The van der Waals surface area contributed by atoms with Gasteiger partial charge in [0.05, 0.1) is 36.7 Å². The van der Waals surface area contributed by atoms with E-state index in [0.29, 0.717) is 42.8 Å². The molecule has 0 aliphatic carbocycles. The molecule has 1 fully saturated rings. The summed E-state index contributed by atoms with van der Waals surface area (Å²) >= 11 is 1.20. The van der Waals surface area contributed by atoms with Gasteiger partial charge in [-0.3, -0.25) is 4.52 Å². The molecule has 0 saturated carbocycles. The Hall–Kier alpha value is -2.64. The van der Waals surface area contributed by atoms with E-state index in [-0.39, 0.29) is 17.5 Å². The third-order valence-corrected chi connectivity index (χ3v) is 4.92. The Labute approximate surface area is 167 Å². The van der Waals surface area contributed by atoms with Crippen molar-refractivity contribution in [2.24, 2.45) is 10.9 Å². The molecule has 1 saturated heterocycles. The first-order valence-electron chi connectivity index (χ1n) is 9.04. The summed E-state index contributed by atoms with van der Waals surface area (Å²) in [6.07, 6.45) is 2.38. The van der Waals surface area contributed by atoms with Crippen LogP contribution in [0.2, 0.25) is 0 Å². The molecule has 0 atom stereocenters. The predicted molar refractivity (Wildman–Crippen MR) is 101 cm³/mol. The molecule has 0 unspecified atom stereocenters. The van der Waals surface area contributed by atoms with Crippen LogP contribution in [0.25, 0.3) is 0 Å². The Kier molecular flexibility index (Phi) is 6.84. The monoisotopic (exact) mass is 402 g/mol. The van der Waals surface area contributed by atoms with E-state index in [1.54, 1.807) is 12.3 Å². The third-order valence-electron chi connectivity index (χ3n) is 3.94. The van der Waals surface area contributed by atoms with Crippen molar-refractivity contribution in [3.8, 4) is 6.07 Å². The van der Waals surface area contributed by atoms with Crippen LogP contribution in [0, 0.1) is 17.2 Å². The zero-order valence-corrected chi connectivity index (χ0v) is 16.7. The van der Waals surface area contributed by atoms with Crippen LogP contribution in [0.1, 0.15) is 25.1 Å². The van der Waals surface area contributed by atoms with E-state index in [0.717, 1.165) is 12.1 Å². The second-order valence-electron chi connectivity index (χ2n) is 6.69. The minimum absolute atomic E-state index is 0.0606. The molecule has 148 valence electrons. The maximum Gasteiger partial charge on any atom is 0.324 e. The molecule has 0 aromatic carbocycles. The first kappa shape index (κ1) is 20.1. The fourth-order valence-corrected chi connectivity index (χ4v) is 3.44. The Balaban J connectivity index is 1.64. The van der Waals surface area contributed by atoms with E-state index >= 15 is 0 Å². The Bertz CT molecular complexity index is 870. The van der Waals surface area contributed by atoms with Crippen LogP contribution in [0.3, 0.4) is 0 Å². The highest BCUT2D eigenvalue weighted by Crippen LogP contribution is 2.22. The molecule has 2 aromatic heterocycles. The highest BCUT2D eigenvalue weighted by molar-refractivity contribution is 7.99. The molecule has 0 amide bonds. The lowest BCUT2D eigenvalue weighted by Gasteiger charge is -2.18. The Morgan fingerprint density at radius 2 is 2.21 bits per heavy atom. The minimum atomic E-state index is -0.379. The third kappa shape index (κ3) is 5.43. The summed E-state index contributed by atoms with van der Waals surface area (Å²) in [5.74, 6) is 0.277. The number of rotatable bonds is 7. The Morgan fingerprint density at radius 1 is 1.43 bits per heavy atom. The minimum Gasteiger partial charge on any atom is -0.861 e. The van der Waals surface area contributed by atoms with Gasteiger partial charge in [0.1, 0.15) is 11.1 Å². The normalized spacial score (nSPS) is 15.1. The molecule has 28 heavy (non-hydrogen) atoms. The lowest BCUT2D eigenvalue weighted by molar-refractivity contribution is -0.759. The van der Waals surface area contributed by atoms with E-state index in [1.165, 1.54) is 16.6 Å². The van der Waals surface area contributed by atoms with E-state index in [2.05, 4.69) is 35.2 Å². The van der Waals surface area contributed by atoms with Crippen LogP contribution in [-0.4, -0.2) is 48.2 Å². The molecule has 3 heterocycles. The van der Waals surface area contributed by atoms with Gasteiger partial charge in [-0.15, -0.1) is 5.01 Å². The van der Waals surface area contributed by atoms with Crippen molar-refractivity contribution in [1.29, 1.82) is 5.26 Å². The standard InChI is InChI=1S/C18H22N6O3S/c1-13(2)9-15-4-3-14(10-19)18(20-15)28-12-16(25)21-17-11-24(22-27-17)23-5-7-26-8-6-23/h3-4,11,13H,5-9,12H2,1-2H3. The molecule has 1 aliphatic rings. The first-order chi connectivity index (χ1) is 13.5. The number of thioether (sulfide) groups is 1. The second kappa shape index (κ2) is 9.52. The molecule has 0 radical (unpaired) electrons. The first-order valence-corrected chi connectivity index (χ1v) is 10.0. The summed E-state index contributed by atoms with van der Waals surface area (Å²) in [5.41, 5.74) is 1.36. The lowest BCUT2D eigenvalue weighted by atomic mass is 10.1. The number of nitrogens with zero attached hydrogens (tertiary/aromatic N) is 6. The van der Waals surface area contributed by atoms with Crippen LogP contribution in [0.5, 0.6) is 0 Å². The van der Waals surface area contributed by atoms with Crippen LogP contribution < -0.4 is 14.9 Å². The van der Waals surface area contributed by atoms with Gasteiger partial charge in [-0.25, -0.2) is 9.98 Å². The van der Waals surface area contributed by atoms with Gasteiger partial charge < -0.3 is 9.84 Å². The van der Waals surface area contributed by atoms with Gasteiger partial charge in [0.2, 0.25) is 5.27 Å². The molecule has 10 heteroatoms. The number of nitriles is 1. The largest absolute Gasteiger partial charge is 0.861 e. The van der Waals surface area contributed by atoms with Crippen molar-refractivity contribution in [3.63, 3.8) is 0 Å². The lowest BCUT2D eigenvalue weighted by Crippen LogP contribution is -2.62. The number of hydrogen-bond acceptors (Lipinski definition) is 9. The van der Waals surface area contributed by atoms with Gasteiger partial charge >= 0.3 is 5.88 Å². The average molecular weight is 402 g/mol. The summed E-state index contributed by atoms with van der Waals surface area (Å²) < 4.78 is 10.4. The van der Waals surface area contributed by atoms with Crippen LogP contribution >= 0.6 is 11.8 Å². The van der Waals surface area contributed by atoms with Crippen molar-refractivity contribution < 1.29 is 19.2 Å². The summed E-state index contributed by atoms with van der Waals surface area (Å²) in [6, 6.07) is 5.72. The van der Waals surface area contributed by atoms with E-state index < -0.39 is 0 Å². The number of ether oxygens (including phenoxy) is 1. The topological polar surface area (TPSA) is 114 Å². The van der Waals surface area contributed by atoms with Crippen molar-refractivity contribution in [2.75, 3.05) is 37.1 Å². The van der Waals surface area contributed by atoms with E-state index in [9.17, 15) is 10.4 Å². The van der Waals surface area contributed by atoms with Gasteiger partial charge in [-0.05, 0) is 30.4 Å². The fourth-order valence-electron chi connectivity index (χ4n) is 2.66. The number of pyridine rings is 1. The Morgan fingerprint density at radius 3 is 2.93 bits per heavy atom. The smallest absolute Gasteiger partial charge is 0.324 e. The summed E-state index contributed by atoms with van der Waals surface area (Å²) in [4.78, 5) is 9.99. The van der Waals surface area contributed by atoms with Crippen LogP contribution in [0.4, 0.5) is 5.88 Å². The molecule has 3 rings (SSSR count). The predicted octanol–water partition coefficient (Wildman–Crippen LogP) is 0.578. The van der Waals surface area contributed by atoms with Crippen molar-refractivity contribution in [2.45, 2.75) is 25.3 Å². The number of hydrogen-bond donors (Lipinski definition) is 0. The maximum atomic E-state index is 12.2. The molecule has 1 aliphatic heterocycles. The number of morpholine rings is 1. The summed E-state index contributed by atoms with van der Waals surface area (Å²) in [5, 5.41) is 27.8. The number of aromatic nitrogens is 3. The van der Waals surface area contributed by atoms with Crippen molar-refractivity contribution in [3.05, 3.63) is 29.6 Å². The van der Waals surface area contributed by atoms with Gasteiger partial charge in [0, 0.05) is 11.4 Å². The highest BCUT2D eigenvalue weighted by atomic mass is 32.2. The molecule has 0 spiro atoms. The SMILES string of the molecule is CC(C)Cc1ccc(C#N)c(SC/C([O-])=N/c2c[n+](N3CCOCC3)no2)n1. The van der Waals surface area contributed by atoms with Gasteiger partial charge in [0.15, 0.2) is 0 Å². The summed E-state index contributed by atoms with van der Waals surface area (Å²) in [6.45, 7) is 6.83. The second-order valence-corrected chi connectivity index (χ2v) is 7.65. The van der Waals surface area contributed by atoms with Crippen LogP contribution in [0.15, 0.2) is 32.9 Å². The number of aliphatic imine (C=N–C) groups is 1. The fraction of sp³-hybridized carbons (Fsp3) is 0.500.